The fourth-order valence-electron chi connectivity index (χ4n) is 3.35. The van der Waals surface area contributed by atoms with Crippen LogP contribution in [0.4, 0.5) is 0 Å². The summed E-state index contributed by atoms with van der Waals surface area (Å²) in [7, 11) is 0. The Balaban J connectivity index is 2.25. The number of carbonyl (C=O) groups is 1. The van der Waals surface area contributed by atoms with Gasteiger partial charge in [-0.05, 0) is 75.4 Å². The summed E-state index contributed by atoms with van der Waals surface area (Å²) in [5, 5.41) is 3.06. The third-order valence-corrected chi connectivity index (χ3v) is 5.36. The number of carbonyl (C=O) groups excluding carboxylic acids is 1. The molecule has 0 bridgehead atoms. The van der Waals surface area contributed by atoms with Crippen LogP contribution in [0.3, 0.4) is 0 Å². The van der Waals surface area contributed by atoms with E-state index in [0.717, 1.165) is 46.6 Å². The molecule has 0 aliphatic heterocycles. The first-order chi connectivity index (χ1) is 13.3. The Kier molecular flexibility index (Phi) is 7.27. The number of hydrogen-bond donors (Lipinski definition) is 2. The fourth-order valence-corrected chi connectivity index (χ4v) is 3.35. The van der Waals surface area contributed by atoms with E-state index in [1.165, 1.54) is 5.57 Å². The summed E-state index contributed by atoms with van der Waals surface area (Å²) in [6.07, 6.45) is 5.00. The summed E-state index contributed by atoms with van der Waals surface area (Å²) >= 11 is 0. The van der Waals surface area contributed by atoms with E-state index in [4.69, 9.17) is 5.73 Å². The first kappa shape index (κ1) is 21.5. The van der Waals surface area contributed by atoms with Gasteiger partial charge >= 0.3 is 0 Å². The van der Waals surface area contributed by atoms with Crippen LogP contribution in [-0.2, 0) is 13.1 Å². The molecular formula is C24H33N3O. The maximum atomic E-state index is 12.7. The molecule has 3 N–H and O–H groups in total. The molecule has 0 aliphatic carbocycles. The molecule has 0 aliphatic rings. The summed E-state index contributed by atoms with van der Waals surface area (Å²) in [5.41, 5.74) is 14.5. The first-order valence-corrected chi connectivity index (χ1v) is 10.00. The highest BCUT2D eigenvalue weighted by Gasteiger charge is 2.15. The molecular weight excluding hydrogens is 346 g/mol. The molecule has 0 fully saturated rings. The second-order valence-corrected chi connectivity index (χ2v) is 7.19. The molecule has 0 saturated heterocycles. The van der Waals surface area contributed by atoms with Crippen molar-refractivity contribution in [3.05, 3.63) is 69.6 Å². The molecule has 1 aromatic heterocycles. The minimum Gasteiger partial charge on any atom is -0.398 e. The number of aryl methyl sites for hydroxylation is 1. The van der Waals surface area contributed by atoms with Gasteiger partial charge in [-0.25, -0.2) is 0 Å². The van der Waals surface area contributed by atoms with E-state index in [1.54, 1.807) is 0 Å². The SMILES string of the molecule is C/C=C\c1cc(CNC(=O)c2cc(C)c(C)n2CC)ccc1/C(N)=C(\C)CC. The van der Waals surface area contributed by atoms with Crippen molar-refractivity contribution in [2.45, 2.75) is 61.1 Å². The highest BCUT2D eigenvalue weighted by atomic mass is 16.1. The van der Waals surface area contributed by atoms with Crippen LogP contribution >= 0.6 is 0 Å². The number of benzene rings is 1. The van der Waals surface area contributed by atoms with Gasteiger partial charge in [-0.15, -0.1) is 0 Å². The Morgan fingerprint density at radius 2 is 1.93 bits per heavy atom. The highest BCUT2D eigenvalue weighted by molar-refractivity contribution is 5.93. The van der Waals surface area contributed by atoms with E-state index < -0.39 is 0 Å². The van der Waals surface area contributed by atoms with E-state index in [9.17, 15) is 4.79 Å². The topological polar surface area (TPSA) is 60.0 Å². The average Bonchev–Trinajstić information content (AvgIpc) is 2.99. The number of hydrogen-bond acceptors (Lipinski definition) is 2. The van der Waals surface area contributed by atoms with Gasteiger partial charge < -0.3 is 15.6 Å². The van der Waals surface area contributed by atoms with Gasteiger partial charge in [0.1, 0.15) is 5.69 Å². The maximum absolute atomic E-state index is 12.7. The molecule has 2 aromatic rings. The molecule has 1 amide bonds. The van der Waals surface area contributed by atoms with Crippen molar-refractivity contribution in [2.75, 3.05) is 0 Å². The van der Waals surface area contributed by atoms with Crippen molar-refractivity contribution >= 4 is 17.7 Å². The molecule has 1 aromatic carbocycles. The molecule has 0 unspecified atom stereocenters. The molecule has 1 heterocycles. The summed E-state index contributed by atoms with van der Waals surface area (Å²) in [6, 6.07) is 8.14. The van der Waals surface area contributed by atoms with Crippen LogP contribution in [-0.4, -0.2) is 10.5 Å². The summed E-state index contributed by atoms with van der Waals surface area (Å²) in [5.74, 6) is -0.0454. The predicted octanol–water partition coefficient (Wildman–Crippen LogP) is 5.19. The highest BCUT2D eigenvalue weighted by Crippen LogP contribution is 2.23. The van der Waals surface area contributed by atoms with Gasteiger partial charge in [0.25, 0.3) is 5.91 Å². The van der Waals surface area contributed by atoms with Crippen LogP contribution in [0.15, 0.2) is 35.9 Å². The molecule has 2 rings (SSSR count). The second-order valence-electron chi connectivity index (χ2n) is 7.19. The van der Waals surface area contributed by atoms with Crippen molar-refractivity contribution < 1.29 is 4.79 Å². The Labute approximate surface area is 169 Å². The lowest BCUT2D eigenvalue weighted by Gasteiger charge is -2.13. The molecule has 28 heavy (non-hydrogen) atoms. The molecule has 0 saturated carbocycles. The van der Waals surface area contributed by atoms with Crippen molar-refractivity contribution in [2.24, 2.45) is 5.73 Å². The molecule has 0 radical (unpaired) electrons. The molecule has 0 atom stereocenters. The van der Waals surface area contributed by atoms with Crippen molar-refractivity contribution in [3.8, 4) is 0 Å². The largest absolute Gasteiger partial charge is 0.398 e. The van der Waals surface area contributed by atoms with Crippen molar-refractivity contribution in [3.63, 3.8) is 0 Å². The lowest BCUT2D eigenvalue weighted by atomic mass is 9.98. The zero-order valence-corrected chi connectivity index (χ0v) is 18.0. The Morgan fingerprint density at radius 1 is 1.21 bits per heavy atom. The van der Waals surface area contributed by atoms with Crippen LogP contribution in [0.1, 0.15) is 72.6 Å². The lowest BCUT2D eigenvalue weighted by Crippen LogP contribution is -2.25. The third-order valence-electron chi connectivity index (χ3n) is 5.36. The normalized spacial score (nSPS) is 12.4. The zero-order chi connectivity index (χ0) is 20.8. The average molecular weight is 380 g/mol. The number of nitrogens with one attached hydrogen (secondary N) is 1. The maximum Gasteiger partial charge on any atom is 0.268 e. The monoisotopic (exact) mass is 379 g/mol. The minimum absolute atomic E-state index is 0.0454. The quantitative estimate of drug-likeness (QED) is 0.696. The Hall–Kier alpha value is -2.75. The minimum atomic E-state index is -0.0454. The number of rotatable bonds is 7. The Morgan fingerprint density at radius 3 is 2.54 bits per heavy atom. The van der Waals surface area contributed by atoms with E-state index in [-0.39, 0.29) is 5.91 Å². The van der Waals surface area contributed by atoms with Gasteiger partial charge in [0.05, 0.1) is 0 Å². The standard InChI is InChI=1S/C24H33N3O/c1-7-10-20-14-19(11-12-21(20)23(25)16(4)8-2)15-26-24(28)22-13-17(5)18(6)27(22)9-3/h7,10-14H,8-9,15,25H2,1-6H3,(H,26,28)/b10-7-,23-16-. The van der Waals surface area contributed by atoms with Gasteiger partial charge in [0.2, 0.25) is 0 Å². The third kappa shape index (κ3) is 4.56. The van der Waals surface area contributed by atoms with Crippen LogP contribution in [0.5, 0.6) is 0 Å². The summed E-state index contributed by atoms with van der Waals surface area (Å²) in [4.78, 5) is 12.7. The number of amides is 1. The van der Waals surface area contributed by atoms with E-state index in [1.807, 2.05) is 45.0 Å². The van der Waals surface area contributed by atoms with Crippen LogP contribution in [0.25, 0.3) is 11.8 Å². The number of allylic oxidation sites excluding steroid dienone is 2. The van der Waals surface area contributed by atoms with E-state index in [2.05, 4.69) is 42.8 Å². The predicted molar refractivity (Wildman–Crippen MR) is 119 cm³/mol. The smallest absolute Gasteiger partial charge is 0.268 e. The van der Waals surface area contributed by atoms with E-state index in [0.29, 0.717) is 12.2 Å². The number of nitrogens with zero attached hydrogens (tertiary/aromatic N) is 1. The Bertz CT molecular complexity index is 916. The second kappa shape index (κ2) is 9.45. The van der Waals surface area contributed by atoms with Gasteiger partial charge in [0, 0.05) is 30.0 Å². The van der Waals surface area contributed by atoms with Crippen LogP contribution in [0, 0.1) is 13.8 Å². The van der Waals surface area contributed by atoms with Crippen LogP contribution in [0.2, 0.25) is 0 Å². The van der Waals surface area contributed by atoms with Crippen molar-refractivity contribution in [1.29, 1.82) is 0 Å². The molecule has 0 spiro atoms. The summed E-state index contributed by atoms with van der Waals surface area (Å²) < 4.78 is 2.05. The molecule has 4 nitrogen and oxygen atoms in total. The van der Waals surface area contributed by atoms with Crippen molar-refractivity contribution in [1.82, 2.24) is 9.88 Å². The first-order valence-electron chi connectivity index (χ1n) is 10.00. The number of aromatic nitrogens is 1. The van der Waals surface area contributed by atoms with E-state index >= 15 is 0 Å². The number of nitrogens with two attached hydrogens (primary N) is 1. The molecule has 150 valence electrons. The molecule has 4 heteroatoms. The zero-order valence-electron chi connectivity index (χ0n) is 18.0. The van der Waals surface area contributed by atoms with Gasteiger partial charge in [-0.1, -0.05) is 31.2 Å². The fraction of sp³-hybridized carbons (Fsp3) is 0.375. The van der Waals surface area contributed by atoms with Gasteiger partial charge in [0.15, 0.2) is 0 Å². The van der Waals surface area contributed by atoms with Gasteiger partial charge in [-0.3, -0.25) is 4.79 Å². The summed E-state index contributed by atoms with van der Waals surface area (Å²) in [6.45, 7) is 13.6. The lowest BCUT2D eigenvalue weighted by molar-refractivity contribution is 0.0941. The van der Waals surface area contributed by atoms with Crippen LogP contribution < -0.4 is 11.1 Å². The van der Waals surface area contributed by atoms with Gasteiger partial charge in [-0.2, -0.15) is 0 Å².